The van der Waals surface area contributed by atoms with Crippen LogP contribution in [0.4, 0.5) is 4.39 Å². The van der Waals surface area contributed by atoms with Crippen LogP contribution in [-0.2, 0) is 0 Å². The largest absolute Gasteiger partial charge is 0.458 e. The molecule has 0 N–H and O–H groups in total. The third-order valence-corrected chi connectivity index (χ3v) is 4.99. The normalized spacial score (nSPS) is 10.6. The zero-order chi connectivity index (χ0) is 20.9. The van der Waals surface area contributed by atoms with E-state index in [1.165, 1.54) is 11.6 Å². The van der Waals surface area contributed by atoms with Gasteiger partial charge < -0.3 is 9.47 Å². The van der Waals surface area contributed by atoms with Gasteiger partial charge in [-0.15, -0.1) is 0 Å². The van der Waals surface area contributed by atoms with Gasteiger partial charge in [-0.3, -0.25) is 0 Å². The summed E-state index contributed by atoms with van der Waals surface area (Å²) in [5.74, 6) is 0.807. The van der Waals surface area contributed by atoms with Crippen molar-refractivity contribution in [1.82, 2.24) is 0 Å². The number of benzene rings is 4. The van der Waals surface area contributed by atoms with Gasteiger partial charge in [0.1, 0.15) is 17.3 Å². The van der Waals surface area contributed by atoms with E-state index in [0.29, 0.717) is 17.1 Å². The highest BCUT2D eigenvalue weighted by atomic mass is 19.1. The van der Waals surface area contributed by atoms with E-state index in [9.17, 15) is 4.39 Å². The van der Waals surface area contributed by atoms with Crippen molar-refractivity contribution in [2.75, 3.05) is 6.79 Å². The number of hydrogen-bond donors (Lipinski definition) is 0. The summed E-state index contributed by atoms with van der Waals surface area (Å²) in [5, 5.41) is 0. The Hall–Kier alpha value is -3.59. The number of halogens is 1. The molecule has 0 saturated carbocycles. The molecule has 0 saturated heterocycles. The van der Waals surface area contributed by atoms with Crippen molar-refractivity contribution in [2.45, 2.75) is 13.8 Å². The fraction of sp³-hybridized carbons (Fsp3) is 0.111. The van der Waals surface area contributed by atoms with Crippen LogP contribution in [0.25, 0.3) is 22.3 Å². The molecule has 150 valence electrons. The van der Waals surface area contributed by atoms with Gasteiger partial charge in [0.05, 0.1) is 0 Å². The molecule has 0 aromatic heterocycles. The van der Waals surface area contributed by atoms with Gasteiger partial charge in [0, 0.05) is 11.6 Å². The predicted octanol–water partition coefficient (Wildman–Crippen LogP) is 7.19. The Morgan fingerprint density at radius 3 is 1.60 bits per heavy atom. The molecule has 0 aliphatic rings. The molecule has 0 aliphatic heterocycles. The Kier molecular flexibility index (Phi) is 5.80. The van der Waals surface area contributed by atoms with Crippen molar-refractivity contribution < 1.29 is 13.9 Å². The van der Waals surface area contributed by atoms with Crippen LogP contribution in [0.1, 0.15) is 11.1 Å². The van der Waals surface area contributed by atoms with Crippen molar-refractivity contribution in [3.05, 3.63) is 108 Å². The Bertz CT molecular complexity index is 1120. The molecule has 0 fully saturated rings. The van der Waals surface area contributed by atoms with E-state index in [-0.39, 0.29) is 12.6 Å². The second-order valence-electron chi connectivity index (χ2n) is 7.30. The third-order valence-electron chi connectivity index (χ3n) is 4.99. The first-order valence-electron chi connectivity index (χ1n) is 9.88. The van der Waals surface area contributed by atoms with Crippen LogP contribution in [0.3, 0.4) is 0 Å². The summed E-state index contributed by atoms with van der Waals surface area (Å²) in [6, 6.07) is 28.8. The maximum Gasteiger partial charge on any atom is 0.230 e. The van der Waals surface area contributed by atoms with Gasteiger partial charge in [0.2, 0.25) is 6.79 Å². The standard InChI is InChI=1S/C27H23FO2/c1-19-3-7-21(8-4-19)22-11-13-24(14-12-22)29-18-30-25-15-16-26(27(28)17-25)23-9-5-20(2)6-10-23/h3-17H,18H2,1-2H3. The van der Waals surface area contributed by atoms with Crippen molar-refractivity contribution >= 4 is 0 Å². The summed E-state index contributed by atoms with van der Waals surface area (Å²) >= 11 is 0. The lowest BCUT2D eigenvalue weighted by Crippen LogP contribution is -2.05. The molecule has 0 unspecified atom stereocenters. The zero-order valence-electron chi connectivity index (χ0n) is 17.1. The van der Waals surface area contributed by atoms with E-state index >= 15 is 0 Å². The van der Waals surface area contributed by atoms with E-state index in [4.69, 9.17) is 9.47 Å². The van der Waals surface area contributed by atoms with Crippen LogP contribution in [0.15, 0.2) is 91.0 Å². The smallest absolute Gasteiger partial charge is 0.230 e. The minimum absolute atomic E-state index is 0.00714. The second kappa shape index (κ2) is 8.83. The Morgan fingerprint density at radius 2 is 1.03 bits per heavy atom. The molecule has 0 spiro atoms. The van der Waals surface area contributed by atoms with Crippen molar-refractivity contribution in [2.24, 2.45) is 0 Å². The molecule has 4 rings (SSSR count). The van der Waals surface area contributed by atoms with E-state index < -0.39 is 0 Å². The lowest BCUT2D eigenvalue weighted by atomic mass is 10.0. The zero-order valence-corrected chi connectivity index (χ0v) is 17.1. The first kappa shape index (κ1) is 19.7. The minimum Gasteiger partial charge on any atom is -0.458 e. The van der Waals surface area contributed by atoms with Crippen LogP contribution in [-0.4, -0.2) is 6.79 Å². The highest BCUT2D eigenvalue weighted by Crippen LogP contribution is 2.27. The molecule has 0 amide bonds. The van der Waals surface area contributed by atoms with E-state index in [1.807, 2.05) is 55.5 Å². The lowest BCUT2D eigenvalue weighted by Gasteiger charge is -2.11. The fourth-order valence-electron chi connectivity index (χ4n) is 3.21. The maximum absolute atomic E-state index is 14.5. The maximum atomic E-state index is 14.5. The van der Waals surface area contributed by atoms with Gasteiger partial charge in [-0.2, -0.15) is 0 Å². The van der Waals surface area contributed by atoms with Crippen molar-refractivity contribution in [3.63, 3.8) is 0 Å². The highest BCUT2D eigenvalue weighted by Gasteiger charge is 2.07. The van der Waals surface area contributed by atoms with Crippen molar-refractivity contribution in [3.8, 4) is 33.8 Å². The molecule has 0 bridgehead atoms. The predicted molar refractivity (Wildman–Crippen MR) is 119 cm³/mol. The van der Waals surface area contributed by atoms with Crippen LogP contribution in [0.5, 0.6) is 11.5 Å². The van der Waals surface area contributed by atoms with Crippen molar-refractivity contribution in [1.29, 1.82) is 0 Å². The molecule has 0 atom stereocenters. The molecular weight excluding hydrogens is 375 g/mol. The summed E-state index contributed by atoms with van der Waals surface area (Å²) in [6.07, 6.45) is 0. The van der Waals surface area contributed by atoms with E-state index in [2.05, 4.69) is 31.2 Å². The lowest BCUT2D eigenvalue weighted by molar-refractivity contribution is 0.119. The Balaban J connectivity index is 1.35. The minimum atomic E-state index is -0.321. The van der Waals surface area contributed by atoms with Gasteiger partial charge in [0.25, 0.3) is 0 Å². The van der Waals surface area contributed by atoms with Gasteiger partial charge in [-0.1, -0.05) is 71.8 Å². The number of aryl methyl sites for hydroxylation is 2. The van der Waals surface area contributed by atoms with Gasteiger partial charge >= 0.3 is 0 Å². The van der Waals surface area contributed by atoms with Gasteiger partial charge in [-0.25, -0.2) is 4.39 Å². The third kappa shape index (κ3) is 4.69. The summed E-state index contributed by atoms with van der Waals surface area (Å²) in [7, 11) is 0. The Labute approximate surface area is 176 Å². The molecule has 30 heavy (non-hydrogen) atoms. The topological polar surface area (TPSA) is 18.5 Å². The quantitative estimate of drug-likeness (QED) is 0.320. The molecule has 2 nitrogen and oxygen atoms in total. The van der Waals surface area contributed by atoms with Crippen LogP contribution < -0.4 is 9.47 Å². The monoisotopic (exact) mass is 398 g/mol. The average molecular weight is 398 g/mol. The first-order chi connectivity index (χ1) is 14.6. The van der Waals surface area contributed by atoms with Gasteiger partial charge in [0.15, 0.2) is 0 Å². The van der Waals surface area contributed by atoms with Crippen LogP contribution in [0.2, 0.25) is 0 Å². The number of hydrogen-bond acceptors (Lipinski definition) is 2. The van der Waals surface area contributed by atoms with Crippen LogP contribution >= 0.6 is 0 Å². The fourth-order valence-corrected chi connectivity index (χ4v) is 3.21. The molecule has 3 heteroatoms. The second-order valence-corrected chi connectivity index (χ2v) is 7.30. The van der Waals surface area contributed by atoms with E-state index in [0.717, 1.165) is 22.3 Å². The average Bonchev–Trinajstić information content (AvgIpc) is 2.76. The molecule has 0 aliphatic carbocycles. The van der Waals surface area contributed by atoms with Gasteiger partial charge in [-0.05, 0) is 54.8 Å². The molecule has 4 aromatic carbocycles. The summed E-state index contributed by atoms with van der Waals surface area (Å²) in [4.78, 5) is 0. The van der Waals surface area contributed by atoms with E-state index in [1.54, 1.807) is 12.1 Å². The Morgan fingerprint density at radius 1 is 0.567 bits per heavy atom. The summed E-state index contributed by atoms with van der Waals surface area (Å²) in [5.41, 5.74) is 6.05. The molecule has 4 aromatic rings. The molecule has 0 heterocycles. The van der Waals surface area contributed by atoms with Crippen LogP contribution in [0, 0.1) is 19.7 Å². The highest BCUT2D eigenvalue weighted by molar-refractivity contribution is 5.65. The number of ether oxygens (including phenoxy) is 2. The molecular formula is C27H23FO2. The first-order valence-corrected chi connectivity index (χ1v) is 9.88. The summed E-state index contributed by atoms with van der Waals surface area (Å²) < 4.78 is 25.7. The number of rotatable bonds is 6. The SMILES string of the molecule is Cc1ccc(-c2ccc(OCOc3ccc(-c4ccc(C)cc4)c(F)c3)cc2)cc1. The summed E-state index contributed by atoms with van der Waals surface area (Å²) in [6.45, 7) is 4.09. The molecule has 0 radical (unpaired) electrons.